The number of hydrogen-bond acceptors (Lipinski definition) is 4. The number of carbonyl (C=O) groups excluding carboxylic acids is 1. The summed E-state index contributed by atoms with van der Waals surface area (Å²) in [5.74, 6) is 0.104. The molecule has 1 aliphatic rings. The molecule has 0 aromatic carbocycles. The van der Waals surface area contributed by atoms with Crippen LogP contribution in [0.3, 0.4) is 0 Å². The lowest BCUT2D eigenvalue weighted by Crippen LogP contribution is -2.41. The summed E-state index contributed by atoms with van der Waals surface area (Å²) in [7, 11) is 1.69. The second-order valence-electron chi connectivity index (χ2n) is 4.18. The van der Waals surface area contributed by atoms with Gasteiger partial charge in [0, 0.05) is 25.4 Å². The maximum absolute atomic E-state index is 11.7. The molecule has 0 saturated carbocycles. The van der Waals surface area contributed by atoms with Crippen molar-refractivity contribution < 1.29 is 9.53 Å². The lowest BCUT2D eigenvalue weighted by molar-refractivity contribution is -0.122. The summed E-state index contributed by atoms with van der Waals surface area (Å²) in [5, 5.41) is 6.73. The van der Waals surface area contributed by atoms with Gasteiger partial charge in [0.15, 0.2) is 0 Å². The van der Waals surface area contributed by atoms with Crippen molar-refractivity contribution in [3.05, 3.63) is 0 Å². The lowest BCUT2D eigenvalue weighted by Gasteiger charge is -2.13. The summed E-state index contributed by atoms with van der Waals surface area (Å²) in [6, 6.07) is -0.0745. The van der Waals surface area contributed by atoms with Gasteiger partial charge in [0.05, 0.1) is 12.1 Å². The van der Waals surface area contributed by atoms with Gasteiger partial charge in [-0.2, -0.15) is 11.8 Å². The Kier molecular flexibility index (Phi) is 6.16. The predicted octanol–water partition coefficient (Wildman–Crippen LogP) is 0.621. The van der Waals surface area contributed by atoms with Gasteiger partial charge >= 0.3 is 0 Å². The van der Waals surface area contributed by atoms with Crippen molar-refractivity contribution >= 4 is 17.7 Å². The molecule has 4 nitrogen and oxygen atoms in total. The molecule has 1 amide bonds. The largest absolute Gasteiger partial charge is 0.380 e. The van der Waals surface area contributed by atoms with Crippen LogP contribution in [0.1, 0.15) is 19.8 Å². The summed E-state index contributed by atoms with van der Waals surface area (Å²) >= 11 is 1.83. The van der Waals surface area contributed by atoms with Crippen LogP contribution in [0.5, 0.6) is 0 Å². The predicted molar refractivity (Wildman–Crippen MR) is 67.8 cm³/mol. The third kappa shape index (κ3) is 4.31. The van der Waals surface area contributed by atoms with Gasteiger partial charge in [-0.3, -0.25) is 4.79 Å². The molecule has 0 aliphatic carbocycles. The summed E-state index contributed by atoms with van der Waals surface area (Å²) in [5.41, 5.74) is 0. The highest BCUT2D eigenvalue weighted by molar-refractivity contribution is 7.99. The van der Waals surface area contributed by atoms with Crippen LogP contribution in [0.4, 0.5) is 0 Å². The van der Waals surface area contributed by atoms with Crippen LogP contribution in [-0.2, 0) is 9.53 Å². The zero-order valence-electron chi connectivity index (χ0n) is 10.3. The zero-order valence-corrected chi connectivity index (χ0v) is 11.1. The zero-order chi connectivity index (χ0) is 12.0. The van der Waals surface area contributed by atoms with Gasteiger partial charge in [-0.1, -0.05) is 6.92 Å². The minimum absolute atomic E-state index is 0.0745. The van der Waals surface area contributed by atoms with E-state index in [1.807, 2.05) is 11.8 Å². The minimum atomic E-state index is -0.0745. The highest BCUT2D eigenvalue weighted by atomic mass is 32.2. The van der Waals surface area contributed by atoms with Gasteiger partial charge in [-0.15, -0.1) is 0 Å². The van der Waals surface area contributed by atoms with Crippen LogP contribution in [0.15, 0.2) is 0 Å². The molecular weight excluding hydrogens is 224 g/mol. The highest BCUT2D eigenvalue weighted by Gasteiger charge is 2.28. The van der Waals surface area contributed by atoms with E-state index in [2.05, 4.69) is 23.8 Å². The van der Waals surface area contributed by atoms with Gasteiger partial charge in [0.25, 0.3) is 0 Å². The fourth-order valence-corrected chi connectivity index (χ4v) is 2.08. The number of amides is 1. The maximum Gasteiger partial charge on any atom is 0.237 e. The molecule has 1 aliphatic heterocycles. The van der Waals surface area contributed by atoms with Gasteiger partial charge in [-0.05, 0) is 19.1 Å². The summed E-state index contributed by atoms with van der Waals surface area (Å²) in [6.45, 7) is 3.71. The molecule has 3 unspecified atom stereocenters. The van der Waals surface area contributed by atoms with Gasteiger partial charge in [0.1, 0.15) is 0 Å². The SMILES string of the molecule is COC1CNC(C(=O)NCCC(C)SC)C1. The second kappa shape index (κ2) is 7.14. The Balaban J connectivity index is 2.16. The van der Waals surface area contributed by atoms with E-state index in [1.54, 1.807) is 7.11 Å². The molecule has 0 aromatic rings. The third-order valence-electron chi connectivity index (χ3n) is 2.99. The van der Waals surface area contributed by atoms with E-state index >= 15 is 0 Å². The Morgan fingerprint density at radius 2 is 2.44 bits per heavy atom. The van der Waals surface area contributed by atoms with E-state index in [0.717, 1.165) is 25.9 Å². The lowest BCUT2D eigenvalue weighted by atomic mass is 10.2. The Labute approximate surface area is 102 Å². The van der Waals surface area contributed by atoms with Crippen LogP contribution < -0.4 is 10.6 Å². The number of thioether (sulfide) groups is 1. The summed E-state index contributed by atoms with van der Waals surface area (Å²) in [4.78, 5) is 11.7. The van der Waals surface area contributed by atoms with Gasteiger partial charge < -0.3 is 15.4 Å². The summed E-state index contributed by atoms with van der Waals surface area (Å²) in [6.07, 6.45) is 4.07. The fraction of sp³-hybridized carbons (Fsp3) is 0.909. The van der Waals surface area contributed by atoms with Crippen molar-refractivity contribution in [2.24, 2.45) is 0 Å². The topological polar surface area (TPSA) is 50.4 Å². The van der Waals surface area contributed by atoms with Crippen LogP contribution in [0.2, 0.25) is 0 Å². The molecule has 1 heterocycles. The number of nitrogens with one attached hydrogen (secondary N) is 2. The first kappa shape index (κ1) is 13.8. The van der Waals surface area contributed by atoms with Gasteiger partial charge in [0.2, 0.25) is 5.91 Å². The number of carbonyl (C=O) groups is 1. The van der Waals surface area contributed by atoms with E-state index < -0.39 is 0 Å². The molecule has 16 heavy (non-hydrogen) atoms. The molecular formula is C11H22N2O2S. The number of hydrogen-bond donors (Lipinski definition) is 2. The van der Waals surface area contributed by atoms with Crippen molar-refractivity contribution in [3.8, 4) is 0 Å². The molecule has 3 atom stereocenters. The van der Waals surface area contributed by atoms with Gasteiger partial charge in [-0.25, -0.2) is 0 Å². The molecule has 1 rings (SSSR count). The van der Waals surface area contributed by atoms with E-state index in [9.17, 15) is 4.79 Å². The van der Waals surface area contributed by atoms with Crippen LogP contribution in [-0.4, -0.2) is 49.8 Å². The number of ether oxygens (including phenoxy) is 1. The molecule has 1 saturated heterocycles. The summed E-state index contributed by atoms with van der Waals surface area (Å²) < 4.78 is 5.21. The van der Waals surface area contributed by atoms with E-state index in [-0.39, 0.29) is 18.1 Å². The molecule has 0 bridgehead atoms. The fourth-order valence-electron chi connectivity index (χ4n) is 1.72. The number of rotatable bonds is 6. The van der Waals surface area contributed by atoms with E-state index in [1.165, 1.54) is 0 Å². The average molecular weight is 246 g/mol. The first-order chi connectivity index (χ1) is 7.67. The van der Waals surface area contributed by atoms with Crippen LogP contribution >= 0.6 is 11.8 Å². The Morgan fingerprint density at radius 3 is 3.00 bits per heavy atom. The highest BCUT2D eigenvalue weighted by Crippen LogP contribution is 2.10. The Hall–Kier alpha value is -0.260. The smallest absolute Gasteiger partial charge is 0.237 e. The van der Waals surface area contributed by atoms with E-state index in [4.69, 9.17) is 4.74 Å². The van der Waals surface area contributed by atoms with Crippen molar-refractivity contribution in [1.82, 2.24) is 10.6 Å². The minimum Gasteiger partial charge on any atom is -0.380 e. The van der Waals surface area contributed by atoms with E-state index in [0.29, 0.717) is 5.25 Å². The van der Waals surface area contributed by atoms with Crippen molar-refractivity contribution in [1.29, 1.82) is 0 Å². The second-order valence-corrected chi connectivity index (χ2v) is 5.46. The number of methoxy groups -OCH3 is 1. The standard InChI is InChI=1S/C11H22N2O2S/c1-8(16-3)4-5-12-11(14)10-6-9(15-2)7-13-10/h8-10,13H,4-7H2,1-3H3,(H,12,14). The molecule has 5 heteroatoms. The third-order valence-corrected chi connectivity index (χ3v) is 4.03. The molecule has 0 spiro atoms. The van der Waals surface area contributed by atoms with Crippen molar-refractivity contribution in [2.75, 3.05) is 26.5 Å². The first-order valence-electron chi connectivity index (χ1n) is 5.74. The quantitative estimate of drug-likeness (QED) is 0.721. The van der Waals surface area contributed by atoms with Crippen molar-refractivity contribution in [3.63, 3.8) is 0 Å². The molecule has 94 valence electrons. The molecule has 0 aromatic heterocycles. The normalized spacial score (nSPS) is 26.7. The monoisotopic (exact) mass is 246 g/mol. The van der Waals surface area contributed by atoms with Crippen LogP contribution in [0.25, 0.3) is 0 Å². The maximum atomic E-state index is 11.7. The molecule has 2 N–H and O–H groups in total. The first-order valence-corrected chi connectivity index (χ1v) is 7.02. The Bertz CT molecular complexity index is 226. The average Bonchev–Trinajstić information content (AvgIpc) is 2.77. The molecule has 0 radical (unpaired) electrons. The Morgan fingerprint density at radius 1 is 1.69 bits per heavy atom. The van der Waals surface area contributed by atoms with Crippen molar-refractivity contribution in [2.45, 2.75) is 37.2 Å². The van der Waals surface area contributed by atoms with Crippen LogP contribution in [0, 0.1) is 0 Å². The molecule has 1 fully saturated rings.